The van der Waals surface area contributed by atoms with Crippen molar-refractivity contribution in [2.75, 3.05) is 14.2 Å². The Morgan fingerprint density at radius 3 is 2.78 bits per heavy atom. The van der Waals surface area contributed by atoms with Gasteiger partial charge in [-0.25, -0.2) is 4.98 Å². The van der Waals surface area contributed by atoms with Gasteiger partial charge in [0.15, 0.2) is 0 Å². The molecule has 1 heterocycles. The second kappa shape index (κ2) is 4.82. The van der Waals surface area contributed by atoms with Crippen molar-refractivity contribution in [3.05, 3.63) is 42.5 Å². The maximum absolute atomic E-state index is 5.26. The summed E-state index contributed by atoms with van der Waals surface area (Å²) in [7, 11) is 3.62. The molecule has 18 heavy (non-hydrogen) atoms. The predicted molar refractivity (Wildman–Crippen MR) is 72.2 cm³/mol. The molecule has 0 bridgehead atoms. The molecule has 0 aliphatic heterocycles. The Bertz CT molecular complexity index is 531. The lowest BCUT2D eigenvalue weighted by molar-refractivity contribution is 0.413. The molecule has 0 fully saturated rings. The highest BCUT2D eigenvalue weighted by atomic mass is 16.5. The van der Waals surface area contributed by atoms with Crippen LogP contribution >= 0.6 is 0 Å². The second-order valence-corrected chi connectivity index (χ2v) is 4.73. The van der Waals surface area contributed by atoms with Crippen molar-refractivity contribution in [2.45, 2.75) is 19.4 Å². The summed E-state index contributed by atoms with van der Waals surface area (Å²) in [6.45, 7) is 4.25. The number of ether oxygens (including phenoxy) is 1. The van der Waals surface area contributed by atoms with Gasteiger partial charge in [0.05, 0.1) is 36.6 Å². The van der Waals surface area contributed by atoms with E-state index in [4.69, 9.17) is 4.74 Å². The molecule has 0 spiro atoms. The minimum absolute atomic E-state index is 0.139. The van der Waals surface area contributed by atoms with E-state index in [1.165, 1.54) is 0 Å². The maximum Gasteiger partial charge on any atom is 0.120 e. The van der Waals surface area contributed by atoms with Crippen LogP contribution in [0.15, 0.2) is 36.8 Å². The van der Waals surface area contributed by atoms with Gasteiger partial charge in [-0.15, -0.1) is 0 Å². The molecule has 1 N–H and O–H groups in total. The highest BCUT2D eigenvalue weighted by Crippen LogP contribution is 2.24. The first-order chi connectivity index (χ1) is 8.58. The summed E-state index contributed by atoms with van der Waals surface area (Å²) in [4.78, 5) is 4.25. The van der Waals surface area contributed by atoms with Crippen molar-refractivity contribution in [3.8, 4) is 11.4 Å². The summed E-state index contributed by atoms with van der Waals surface area (Å²) in [5.41, 5.74) is 2.02. The second-order valence-electron chi connectivity index (χ2n) is 4.73. The fourth-order valence-corrected chi connectivity index (χ4v) is 1.85. The largest absolute Gasteiger partial charge is 0.497 e. The number of benzene rings is 1. The lowest BCUT2D eigenvalue weighted by Crippen LogP contribution is -2.35. The van der Waals surface area contributed by atoms with Crippen molar-refractivity contribution >= 4 is 0 Å². The van der Waals surface area contributed by atoms with Crippen molar-refractivity contribution in [3.63, 3.8) is 0 Å². The Hall–Kier alpha value is -1.81. The Labute approximate surface area is 108 Å². The van der Waals surface area contributed by atoms with Crippen LogP contribution in [0.4, 0.5) is 0 Å². The average Bonchev–Trinajstić information content (AvgIpc) is 2.89. The molecule has 4 heteroatoms. The minimum atomic E-state index is -0.139. The quantitative estimate of drug-likeness (QED) is 0.898. The number of hydrogen-bond acceptors (Lipinski definition) is 3. The lowest BCUT2D eigenvalue weighted by atomic mass is 10.0. The monoisotopic (exact) mass is 245 g/mol. The first-order valence-electron chi connectivity index (χ1n) is 5.94. The normalized spacial score (nSPS) is 11.6. The van der Waals surface area contributed by atoms with Crippen LogP contribution in [0.25, 0.3) is 5.69 Å². The molecule has 4 nitrogen and oxygen atoms in total. The first kappa shape index (κ1) is 12.6. The van der Waals surface area contributed by atoms with E-state index >= 15 is 0 Å². The number of nitrogens with zero attached hydrogens (tertiary/aromatic N) is 2. The van der Waals surface area contributed by atoms with Gasteiger partial charge in [0.2, 0.25) is 0 Å². The van der Waals surface area contributed by atoms with Gasteiger partial charge in [-0.1, -0.05) is 6.07 Å². The number of nitrogens with one attached hydrogen (secondary N) is 1. The molecule has 0 saturated carbocycles. The Kier molecular flexibility index (Phi) is 3.39. The Morgan fingerprint density at radius 2 is 2.11 bits per heavy atom. The molecule has 0 amide bonds. The van der Waals surface area contributed by atoms with Gasteiger partial charge in [0.25, 0.3) is 0 Å². The molecule has 0 saturated heterocycles. The highest BCUT2D eigenvalue weighted by Gasteiger charge is 2.22. The Balaban J connectivity index is 2.48. The standard InChI is InChI=1S/C14H19N3O/c1-14(2,15-3)13-9-16-10-17(13)11-6-5-7-12(8-11)18-4/h5-10,15H,1-4H3. The van der Waals surface area contributed by atoms with Crippen LogP contribution in [0.3, 0.4) is 0 Å². The molecule has 2 aromatic rings. The van der Waals surface area contributed by atoms with Gasteiger partial charge < -0.3 is 14.6 Å². The van der Waals surface area contributed by atoms with E-state index in [0.717, 1.165) is 17.1 Å². The molecule has 0 unspecified atom stereocenters. The van der Waals surface area contributed by atoms with Crippen LogP contribution in [0.2, 0.25) is 0 Å². The fraction of sp³-hybridized carbons (Fsp3) is 0.357. The number of hydrogen-bond donors (Lipinski definition) is 1. The number of methoxy groups -OCH3 is 1. The lowest BCUT2D eigenvalue weighted by Gasteiger charge is -2.25. The maximum atomic E-state index is 5.26. The minimum Gasteiger partial charge on any atom is -0.497 e. The average molecular weight is 245 g/mol. The summed E-state index contributed by atoms with van der Waals surface area (Å²) >= 11 is 0. The van der Waals surface area contributed by atoms with Gasteiger partial charge >= 0.3 is 0 Å². The van der Waals surface area contributed by atoms with Crippen molar-refractivity contribution in [1.29, 1.82) is 0 Å². The van der Waals surface area contributed by atoms with Crippen LogP contribution in [0.5, 0.6) is 5.75 Å². The molecule has 1 aromatic carbocycles. The fourth-order valence-electron chi connectivity index (χ4n) is 1.85. The van der Waals surface area contributed by atoms with E-state index in [-0.39, 0.29) is 5.54 Å². The van der Waals surface area contributed by atoms with Crippen LogP contribution in [0.1, 0.15) is 19.5 Å². The number of imidazole rings is 1. The molecule has 1 aromatic heterocycles. The Morgan fingerprint density at radius 1 is 1.33 bits per heavy atom. The van der Waals surface area contributed by atoms with E-state index in [9.17, 15) is 0 Å². The summed E-state index contributed by atoms with van der Waals surface area (Å²) in [5.74, 6) is 0.842. The number of rotatable bonds is 4. The molecular formula is C14H19N3O. The zero-order valence-corrected chi connectivity index (χ0v) is 11.3. The number of aromatic nitrogens is 2. The third-order valence-electron chi connectivity index (χ3n) is 3.24. The summed E-state index contributed by atoms with van der Waals surface area (Å²) < 4.78 is 7.32. The smallest absolute Gasteiger partial charge is 0.120 e. The summed E-state index contributed by atoms with van der Waals surface area (Å²) in [5, 5.41) is 3.29. The van der Waals surface area contributed by atoms with E-state index < -0.39 is 0 Å². The third kappa shape index (κ3) is 2.24. The van der Waals surface area contributed by atoms with E-state index in [2.05, 4.69) is 28.7 Å². The van der Waals surface area contributed by atoms with E-state index in [0.29, 0.717) is 0 Å². The van der Waals surface area contributed by atoms with Crippen molar-refractivity contribution in [2.24, 2.45) is 0 Å². The van der Waals surface area contributed by atoms with Gasteiger partial charge in [-0.2, -0.15) is 0 Å². The molecule has 0 aliphatic rings. The molecular weight excluding hydrogens is 226 g/mol. The first-order valence-corrected chi connectivity index (χ1v) is 5.94. The van der Waals surface area contributed by atoms with Crippen LogP contribution < -0.4 is 10.1 Å². The molecule has 96 valence electrons. The van der Waals surface area contributed by atoms with Crippen LogP contribution in [-0.4, -0.2) is 23.7 Å². The predicted octanol–water partition coefficient (Wildman–Crippen LogP) is 2.34. The summed E-state index contributed by atoms with van der Waals surface area (Å²) in [6.07, 6.45) is 3.71. The highest BCUT2D eigenvalue weighted by molar-refractivity contribution is 5.41. The van der Waals surface area contributed by atoms with Gasteiger partial charge in [0.1, 0.15) is 5.75 Å². The topological polar surface area (TPSA) is 39.1 Å². The zero-order valence-electron chi connectivity index (χ0n) is 11.3. The van der Waals surface area contributed by atoms with Crippen LogP contribution in [0, 0.1) is 0 Å². The SMILES string of the molecule is CNC(C)(C)c1cncn1-c1cccc(OC)c1. The zero-order chi connectivity index (χ0) is 13.2. The van der Waals surface area contributed by atoms with Gasteiger partial charge in [-0.3, -0.25) is 0 Å². The van der Waals surface area contributed by atoms with Crippen molar-refractivity contribution in [1.82, 2.24) is 14.9 Å². The van der Waals surface area contributed by atoms with Crippen LogP contribution in [-0.2, 0) is 5.54 Å². The van der Waals surface area contributed by atoms with Crippen molar-refractivity contribution < 1.29 is 4.74 Å². The third-order valence-corrected chi connectivity index (χ3v) is 3.24. The van der Waals surface area contributed by atoms with E-state index in [1.807, 2.05) is 43.8 Å². The molecule has 0 atom stereocenters. The summed E-state index contributed by atoms with van der Waals surface area (Å²) in [6, 6.07) is 7.95. The van der Waals surface area contributed by atoms with Gasteiger partial charge in [-0.05, 0) is 33.0 Å². The molecule has 2 rings (SSSR count). The molecule has 0 radical (unpaired) electrons. The molecule has 0 aliphatic carbocycles. The van der Waals surface area contributed by atoms with E-state index in [1.54, 1.807) is 7.11 Å². The van der Waals surface area contributed by atoms with Gasteiger partial charge in [0, 0.05) is 6.07 Å².